The number of ether oxygens (including phenoxy) is 2. The third-order valence-electron chi connectivity index (χ3n) is 3.30. The fraction of sp³-hybridized carbons (Fsp3) is 0.375. The van der Waals surface area contributed by atoms with Crippen LogP contribution in [-0.2, 0) is 19.1 Å². The number of nitrogens with one attached hydrogen (secondary N) is 1. The monoisotopic (exact) mass is 416 g/mol. The second-order valence-electron chi connectivity index (χ2n) is 5.27. The molecule has 1 fully saturated rings. The van der Waals surface area contributed by atoms with Crippen molar-refractivity contribution in [2.75, 3.05) is 25.4 Å². The van der Waals surface area contributed by atoms with Crippen molar-refractivity contribution in [2.45, 2.75) is 13.0 Å². The minimum absolute atomic E-state index is 0.0751. The molecule has 0 spiro atoms. The van der Waals surface area contributed by atoms with Crippen molar-refractivity contribution >= 4 is 57.7 Å². The summed E-state index contributed by atoms with van der Waals surface area (Å²) in [7, 11) is 0. The summed E-state index contributed by atoms with van der Waals surface area (Å²) in [6.07, 6.45) is -0.874. The van der Waals surface area contributed by atoms with Gasteiger partial charge in [0.2, 0.25) is 5.91 Å². The van der Waals surface area contributed by atoms with E-state index in [2.05, 4.69) is 5.32 Å². The number of nitrogens with zero attached hydrogens (tertiary/aromatic N) is 1. The summed E-state index contributed by atoms with van der Waals surface area (Å²) in [6.45, 7) is 1.60. The van der Waals surface area contributed by atoms with E-state index in [1.807, 2.05) is 0 Å². The lowest BCUT2D eigenvalue weighted by Crippen LogP contribution is -2.39. The molecule has 10 heteroatoms. The molecule has 2 rings (SSSR count). The van der Waals surface area contributed by atoms with Crippen LogP contribution in [0.2, 0.25) is 5.02 Å². The molecular formula is C16H17ClN2O5S2. The Hall–Kier alpha value is -1.84. The molecule has 1 saturated heterocycles. The van der Waals surface area contributed by atoms with E-state index in [9.17, 15) is 14.4 Å². The van der Waals surface area contributed by atoms with Crippen molar-refractivity contribution in [1.82, 2.24) is 10.2 Å². The van der Waals surface area contributed by atoms with E-state index < -0.39 is 24.6 Å². The molecule has 0 aliphatic carbocycles. The van der Waals surface area contributed by atoms with Crippen molar-refractivity contribution < 1.29 is 23.9 Å². The van der Waals surface area contributed by atoms with Crippen molar-refractivity contribution in [3.8, 4) is 5.75 Å². The number of thioether (sulfide) groups is 1. The number of hydrogen-bond acceptors (Lipinski definition) is 7. The van der Waals surface area contributed by atoms with Gasteiger partial charge in [0.05, 0.1) is 5.75 Å². The summed E-state index contributed by atoms with van der Waals surface area (Å²) < 4.78 is 10.8. The zero-order valence-electron chi connectivity index (χ0n) is 13.9. The number of rotatable bonds is 8. The van der Waals surface area contributed by atoms with E-state index in [1.54, 1.807) is 24.3 Å². The van der Waals surface area contributed by atoms with Crippen LogP contribution >= 0.6 is 35.6 Å². The highest BCUT2D eigenvalue weighted by Crippen LogP contribution is 2.18. The Kier molecular flexibility index (Phi) is 7.67. The third kappa shape index (κ3) is 6.15. The summed E-state index contributed by atoms with van der Waals surface area (Å²) in [4.78, 5) is 36.6. The smallest absolute Gasteiger partial charge is 0.347 e. The van der Waals surface area contributed by atoms with Gasteiger partial charge < -0.3 is 14.8 Å². The van der Waals surface area contributed by atoms with E-state index in [4.69, 9.17) is 33.3 Å². The fourth-order valence-corrected chi connectivity index (χ4v) is 3.22. The fourth-order valence-electron chi connectivity index (χ4n) is 1.97. The SMILES string of the molecule is C[C@@H](Oc1ccc(Cl)cc1)C(=O)OCC(=O)NCCN1C(=O)CSC1=S. The van der Waals surface area contributed by atoms with Gasteiger partial charge in [-0.1, -0.05) is 35.6 Å². The first-order chi connectivity index (χ1) is 12.4. The standard InChI is InChI=1S/C16H17ClN2O5S2/c1-10(24-12-4-2-11(17)3-5-12)15(22)23-8-13(20)18-6-7-19-14(21)9-26-16(19)25/h2-5,10H,6-9H2,1H3,(H,18,20)/t10-/m1/s1. The number of benzene rings is 1. The topological polar surface area (TPSA) is 84.9 Å². The molecule has 26 heavy (non-hydrogen) atoms. The zero-order chi connectivity index (χ0) is 19.1. The Morgan fingerprint density at radius 2 is 2.08 bits per heavy atom. The summed E-state index contributed by atoms with van der Waals surface area (Å²) in [5.41, 5.74) is 0. The first-order valence-electron chi connectivity index (χ1n) is 7.69. The van der Waals surface area contributed by atoms with Crippen LogP contribution in [0.3, 0.4) is 0 Å². The number of halogens is 1. The van der Waals surface area contributed by atoms with Crippen molar-refractivity contribution in [2.24, 2.45) is 0 Å². The zero-order valence-corrected chi connectivity index (χ0v) is 16.3. The minimum Gasteiger partial charge on any atom is -0.479 e. The summed E-state index contributed by atoms with van der Waals surface area (Å²) in [6, 6.07) is 6.53. The van der Waals surface area contributed by atoms with Crippen LogP contribution in [0.25, 0.3) is 0 Å². The normalized spacial score (nSPS) is 14.9. The largest absolute Gasteiger partial charge is 0.479 e. The Labute approximate surface area is 165 Å². The number of carbonyl (C=O) groups is 3. The molecule has 140 valence electrons. The quantitative estimate of drug-likeness (QED) is 0.509. The second-order valence-corrected chi connectivity index (χ2v) is 7.32. The maximum absolute atomic E-state index is 11.9. The number of amides is 2. The van der Waals surface area contributed by atoms with E-state index in [1.165, 1.54) is 23.6 Å². The molecule has 1 aromatic rings. The summed E-state index contributed by atoms with van der Waals surface area (Å²) in [5, 5.41) is 3.12. The number of carbonyl (C=O) groups excluding carboxylic acids is 3. The predicted molar refractivity (Wildman–Crippen MR) is 102 cm³/mol. The first kappa shape index (κ1) is 20.5. The van der Waals surface area contributed by atoms with E-state index >= 15 is 0 Å². The molecule has 1 aliphatic heterocycles. The van der Waals surface area contributed by atoms with Gasteiger partial charge in [-0.25, -0.2) is 4.79 Å². The average Bonchev–Trinajstić information content (AvgIpc) is 2.93. The molecule has 7 nitrogen and oxygen atoms in total. The molecule has 0 aromatic heterocycles. The third-order valence-corrected chi connectivity index (χ3v) is 4.99. The Morgan fingerprint density at radius 1 is 1.38 bits per heavy atom. The van der Waals surface area contributed by atoms with E-state index in [0.29, 0.717) is 27.4 Å². The average molecular weight is 417 g/mol. The molecule has 1 heterocycles. The van der Waals surface area contributed by atoms with Gasteiger partial charge in [-0.05, 0) is 31.2 Å². The van der Waals surface area contributed by atoms with Crippen LogP contribution in [0, 0.1) is 0 Å². The van der Waals surface area contributed by atoms with Crippen LogP contribution in [-0.4, -0.2) is 58.6 Å². The number of thiocarbonyl (C=S) groups is 1. The maximum Gasteiger partial charge on any atom is 0.347 e. The molecule has 1 N–H and O–H groups in total. The van der Waals surface area contributed by atoms with Crippen LogP contribution < -0.4 is 10.1 Å². The lowest BCUT2D eigenvalue weighted by atomic mass is 10.3. The van der Waals surface area contributed by atoms with E-state index in [0.717, 1.165) is 0 Å². The van der Waals surface area contributed by atoms with Crippen LogP contribution in [0.5, 0.6) is 5.75 Å². The maximum atomic E-state index is 11.9. The number of hydrogen-bond donors (Lipinski definition) is 1. The Bertz CT molecular complexity index is 682. The van der Waals surface area contributed by atoms with Gasteiger partial charge in [0.15, 0.2) is 12.7 Å². The number of esters is 1. The summed E-state index contributed by atoms with van der Waals surface area (Å²) in [5.74, 6) is -0.415. The molecule has 0 radical (unpaired) electrons. The Balaban J connectivity index is 1.66. The van der Waals surface area contributed by atoms with Gasteiger partial charge in [0.25, 0.3) is 5.91 Å². The van der Waals surface area contributed by atoms with Crippen molar-refractivity contribution in [3.05, 3.63) is 29.3 Å². The molecule has 1 aliphatic rings. The molecule has 2 amide bonds. The Morgan fingerprint density at radius 3 is 2.69 bits per heavy atom. The molecule has 0 unspecified atom stereocenters. The predicted octanol–water partition coefficient (Wildman–Crippen LogP) is 1.63. The van der Waals surface area contributed by atoms with Gasteiger partial charge in [0, 0.05) is 18.1 Å². The van der Waals surface area contributed by atoms with Gasteiger partial charge in [0.1, 0.15) is 10.1 Å². The lowest BCUT2D eigenvalue weighted by Gasteiger charge is -2.16. The second kappa shape index (κ2) is 9.75. The van der Waals surface area contributed by atoms with Gasteiger partial charge in [-0.15, -0.1) is 0 Å². The summed E-state index contributed by atoms with van der Waals surface area (Å²) >= 11 is 12.1. The highest BCUT2D eigenvalue weighted by atomic mass is 35.5. The van der Waals surface area contributed by atoms with Crippen molar-refractivity contribution in [3.63, 3.8) is 0 Å². The van der Waals surface area contributed by atoms with Crippen molar-refractivity contribution in [1.29, 1.82) is 0 Å². The van der Waals surface area contributed by atoms with Gasteiger partial charge in [-0.3, -0.25) is 14.5 Å². The van der Waals surface area contributed by atoms with Crippen LogP contribution in [0.4, 0.5) is 0 Å². The lowest BCUT2D eigenvalue weighted by molar-refractivity contribution is -0.154. The highest BCUT2D eigenvalue weighted by molar-refractivity contribution is 8.23. The van der Waals surface area contributed by atoms with Crippen LogP contribution in [0.15, 0.2) is 24.3 Å². The molecule has 0 bridgehead atoms. The minimum atomic E-state index is -0.874. The molecule has 0 saturated carbocycles. The highest BCUT2D eigenvalue weighted by Gasteiger charge is 2.26. The first-order valence-corrected chi connectivity index (χ1v) is 9.46. The van der Waals surface area contributed by atoms with E-state index in [-0.39, 0.29) is 12.5 Å². The molecular weight excluding hydrogens is 400 g/mol. The molecule has 1 aromatic carbocycles. The van der Waals surface area contributed by atoms with Gasteiger partial charge >= 0.3 is 5.97 Å². The van der Waals surface area contributed by atoms with Gasteiger partial charge in [-0.2, -0.15) is 0 Å². The molecule has 1 atom stereocenters. The van der Waals surface area contributed by atoms with Crippen LogP contribution in [0.1, 0.15) is 6.92 Å².